The number of fused-ring (bicyclic) bond motifs is 2. The predicted octanol–water partition coefficient (Wildman–Crippen LogP) is 7.35. The van der Waals surface area contributed by atoms with Gasteiger partial charge in [-0.25, -0.2) is 9.37 Å². The van der Waals surface area contributed by atoms with Crippen molar-refractivity contribution in [1.29, 1.82) is 0 Å². The van der Waals surface area contributed by atoms with E-state index in [0.717, 1.165) is 41.9 Å². The zero-order valence-electron chi connectivity index (χ0n) is 24.8. The lowest BCUT2D eigenvalue weighted by atomic mass is 9.94. The zero-order valence-corrected chi connectivity index (χ0v) is 25.6. The first-order valence-corrected chi connectivity index (χ1v) is 15.7. The lowest BCUT2D eigenvalue weighted by Gasteiger charge is -2.24. The first kappa shape index (κ1) is 29.6. The van der Waals surface area contributed by atoms with Crippen LogP contribution in [0.2, 0.25) is 0 Å². The summed E-state index contributed by atoms with van der Waals surface area (Å²) in [4.78, 5) is 33.3. The molecule has 0 unspecified atom stereocenters. The topological polar surface area (TPSA) is 98.2 Å². The summed E-state index contributed by atoms with van der Waals surface area (Å²) in [6, 6.07) is 13.6. The van der Waals surface area contributed by atoms with Gasteiger partial charge in [-0.2, -0.15) is 0 Å². The number of amides is 1. The minimum atomic E-state index is -1.03. The Kier molecular flexibility index (Phi) is 8.27. The third-order valence-corrected chi connectivity index (χ3v) is 8.77. The quantitative estimate of drug-likeness (QED) is 0.0861. The van der Waals surface area contributed by atoms with Gasteiger partial charge < -0.3 is 19.3 Å². The molecule has 10 heteroatoms. The Morgan fingerprint density at radius 2 is 1.91 bits per heavy atom. The highest BCUT2D eigenvalue weighted by Crippen LogP contribution is 2.46. The van der Waals surface area contributed by atoms with Crippen LogP contribution in [0.1, 0.15) is 62.8 Å². The molecule has 2 aliphatic rings. The van der Waals surface area contributed by atoms with Crippen molar-refractivity contribution < 1.29 is 33.3 Å². The van der Waals surface area contributed by atoms with Crippen molar-refractivity contribution in [3.63, 3.8) is 0 Å². The van der Waals surface area contributed by atoms with E-state index < -0.39 is 23.5 Å². The fourth-order valence-corrected chi connectivity index (χ4v) is 6.69. The van der Waals surface area contributed by atoms with Crippen LogP contribution in [0.4, 0.5) is 9.52 Å². The second-order valence-electron chi connectivity index (χ2n) is 10.9. The second kappa shape index (κ2) is 12.3. The van der Waals surface area contributed by atoms with Crippen LogP contribution in [0.15, 0.2) is 60.2 Å². The third kappa shape index (κ3) is 5.50. The van der Waals surface area contributed by atoms with Crippen molar-refractivity contribution >= 4 is 44.1 Å². The van der Waals surface area contributed by atoms with Gasteiger partial charge in [0.15, 0.2) is 16.6 Å². The van der Waals surface area contributed by atoms with Gasteiger partial charge in [0.25, 0.3) is 5.78 Å². The normalized spacial score (nSPS) is 19.0. The number of nitrogens with zero attached hydrogens (tertiary/aromatic N) is 2. The van der Waals surface area contributed by atoms with E-state index in [9.17, 15) is 19.1 Å². The van der Waals surface area contributed by atoms with Gasteiger partial charge in [0, 0.05) is 12.0 Å². The van der Waals surface area contributed by atoms with Gasteiger partial charge in [-0.15, -0.1) is 0 Å². The number of thiazole rings is 1. The number of hydrogen-bond donors (Lipinski definition) is 1. The summed E-state index contributed by atoms with van der Waals surface area (Å²) in [7, 11) is 0. The van der Waals surface area contributed by atoms with E-state index in [0.29, 0.717) is 52.5 Å². The Morgan fingerprint density at radius 1 is 1.07 bits per heavy atom. The van der Waals surface area contributed by atoms with E-state index >= 15 is 0 Å². The lowest BCUT2D eigenvalue weighted by molar-refractivity contribution is -0.132. The summed E-state index contributed by atoms with van der Waals surface area (Å²) in [5.74, 6) is -0.689. The first-order chi connectivity index (χ1) is 21.3. The molecule has 228 valence electrons. The van der Waals surface area contributed by atoms with Gasteiger partial charge in [0.2, 0.25) is 0 Å². The zero-order chi connectivity index (χ0) is 31.0. The fraction of sp³-hybridized carbons (Fsp3) is 0.324. The van der Waals surface area contributed by atoms with Crippen molar-refractivity contribution in [3.05, 3.63) is 82.7 Å². The van der Waals surface area contributed by atoms with E-state index in [4.69, 9.17) is 14.2 Å². The van der Waals surface area contributed by atoms with Crippen LogP contribution in [0, 0.1) is 5.82 Å². The van der Waals surface area contributed by atoms with Gasteiger partial charge in [-0.1, -0.05) is 37.2 Å². The summed E-state index contributed by atoms with van der Waals surface area (Å²) in [5.41, 5.74) is 2.25. The number of aliphatic hydroxyl groups is 1. The van der Waals surface area contributed by atoms with Crippen molar-refractivity contribution in [2.24, 2.45) is 0 Å². The van der Waals surface area contributed by atoms with Crippen LogP contribution < -0.4 is 19.1 Å². The maximum absolute atomic E-state index is 14.0. The Labute approximate surface area is 258 Å². The number of carbonyl (C=O) groups is 2. The molecule has 0 aliphatic carbocycles. The maximum atomic E-state index is 14.0. The number of unbranched alkanes of at least 4 members (excludes halogenated alkanes) is 2. The molecule has 6 rings (SSSR count). The Bertz CT molecular complexity index is 1780. The highest BCUT2D eigenvalue weighted by molar-refractivity contribution is 7.22. The number of aliphatic hydroxyl groups excluding tert-OH is 1. The number of rotatable bonds is 10. The van der Waals surface area contributed by atoms with Crippen molar-refractivity contribution in [3.8, 4) is 17.2 Å². The Hall–Kier alpha value is -4.44. The summed E-state index contributed by atoms with van der Waals surface area (Å²) in [5, 5.41) is 11.9. The van der Waals surface area contributed by atoms with Crippen LogP contribution >= 0.6 is 11.3 Å². The molecule has 1 fully saturated rings. The SMILES string of the molecule is CCCCCOc1ccc([C@H]2C(=C(O)c3ccc4c(c3)C[C@@H](C)O4)C(=O)C(=O)N2c2nc3ccc(F)cc3s2)cc1OCC. The van der Waals surface area contributed by atoms with Crippen molar-refractivity contribution in [1.82, 2.24) is 4.98 Å². The van der Waals surface area contributed by atoms with Crippen LogP contribution in [-0.4, -0.2) is 41.1 Å². The molecular weight excluding hydrogens is 583 g/mol. The summed E-state index contributed by atoms with van der Waals surface area (Å²) in [6.07, 6.45) is 3.65. The molecule has 1 N–H and O–H groups in total. The highest BCUT2D eigenvalue weighted by atomic mass is 32.1. The number of carbonyl (C=O) groups excluding carboxylic acids is 2. The first-order valence-electron chi connectivity index (χ1n) is 14.9. The molecule has 44 heavy (non-hydrogen) atoms. The van der Waals surface area contributed by atoms with E-state index in [-0.39, 0.29) is 22.6 Å². The molecule has 0 saturated carbocycles. The summed E-state index contributed by atoms with van der Waals surface area (Å²) < 4.78 is 32.3. The fourth-order valence-electron chi connectivity index (χ4n) is 5.68. The molecule has 2 aliphatic heterocycles. The Balaban J connectivity index is 1.49. The number of benzene rings is 3. The largest absolute Gasteiger partial charge is 0.507 e. The lowest BCUT2D eigenvalue weighted by Crippen LogP contribution is -2.29. The number of aromatic nitrogens is 1. The van der Waals surface area contributed by atoms with E-state index in [1.54, 1.807) is 36.4 Å². The van der Waals surface area contributed by atoms with Crippen LogP contribution in [0.5, 0.6) is 17.2 Å². The molecule has 3 aromatic carbocycles. The van der Waals surface area contributed by atoms with Crippen LogP contribution in [0.25, 0.3) is 16.0 Å². The third-order valence-electron chi connectivity index (χ3n) is 7.75. The average molecular weight is 617 g/mol. The number of Topliss-reactive ketones (excluding diaryl/α,β-unsaturated/α-hetero) is 1. The van der Waals surface area contributed by atoms with Crippen LogP contribution in [-0.2, 0) is 16.0 Å². The molecule has 1 saturated heterocycles. The summed E-state index contributed by atoms with van der Waals surface area (Å²) in [6.45, 7) is 6.83. The minimum Gasteiger partial charge on any atom is -0.507 e. The number of halogens is 1. The highest BCUT2D eigenvalue weighted by Gasteiger charge is 2.48. The Morgan fingerprint density at radius 3 is 2.70 bits per heavy atom. The number of hydrogen-bond acceptors (Lipinski definition) is 8. The number of anilines is 1. The maximum Gasteiger partial charge on any atom is 0.301 e. The van der Waals surface area contributed by atoms with Crippen molar-refractivity contribution in [2.45, 2.75) is 58.6 Å². The number of ether oxygens (including phenoxy) is 3. The van der Waals surface area contributed by atoms with Crippen LogP contribution in [0.3, 0.4) is 0 Å². The molecule has 2 atom stereocenters. The molecule has 1 aromatic heterocycles. The molecule has 3 heterocycles. The second-order valence-corrected chi connectivity index (χ2v) is 11.9. The van der Waals surface area contributed by atoms with E-state index in [1.807, 2.05) is 13.8 Å². The summed E-state index contributed by atoms with van der Waals surface area (Å²) >= 11 is 1.10. The van der Waals surface area contributed by atoms with Gasteiger partial charge in [0.1, 0.15) is 23.4 Å². The molecule has 0 radical (unpaired) electrons. The monoisotopic (exact) mass is 616 g/mol. The van der Waals surface area contributed by atoms with E-state index in [2.05, 4.69) is 11.9 Å². The van der Waals surface area contributed by atoms with Gasteiger partial charge in [-0.3, -0.25) is 14.5 Å². The van der Waals surface area contributed by atoms with E-state index in [1.165, 1.54) is 23.1 Å². The standard InChI is InChI=1S/C34H33FN2O6S/c1-4-6-7-14-42-26-13-8-20(17-27(26)41-5-2)30-29(31(38)21-9-12-25-22(16-21)15-19(3)43-25)32(39)33(40)37(30)34-36-24-11-10-23(35)18-28(24)44-34/h8-13,16-19,30,38H,4-7,14-15H2,1-3H3/t19-,30+/m1/s1. The van der Waals surface area contributed by atoms with Gasteiger partial charge in [-0.05, 0) is 79.9 Å². The van der Waals surface area contributed by atoms with Gasteiger partial charge >= 0.3 is 5.91 Å². The molecule has 1 amide bonds. The molecule has 4 aromatic rings. The van der Waals surface area contributed by atoms with Gasteiger partial charge in [0.05, 0.1) is 35.0 Å². The number of ketones is 1. The molecule has 0 spiro atoms. The molecular formula is C34H33FN2O6S. The molecule has 8 nitrogen and oxygen atoms in total. The smallest absolute Gasteiger partial charge is 0.301 e. The minimum absolute atomic E-state index is 0.00320. The predicted molar refractivity (Wildman–Crippen MR) is 167 cm³/mol. The molecule has 0 bridgehead atoms. The average Bonchev–Trinajstić information content (AvgIpc) is 3.67. The van der Waals surface area contributed by atoms with Crippen molar-refractivity contribution in [2.75, 3.05) is 18.1 Å².